The number of amides is 1. The van der Waals surface area contributed by atoms with Crippen LogP contribution in [0, 0.1) is 6.92 Å². The van der Waals surface area contributed by atoms with Gasteiger partial charge in [-0.25, -0.2) is 0 Å². The van der Waals surface area contributed by atoms with Crippen LogP contribution in [0.5, 0.6) is 0 Å². The van der Waals surface area contributed by atoms with Crippen LogP contribution in [0.3, 0.4) is 0 Å². The summed E-state index contributed by atoms with van der Waals surface area (Å²) in [6, 6.07) is 21.7. The average Bonchev–Trinajstić information content (AvgIpc) is 3.25. The Kier molecular flexibility index (Phi) is 7.67. The molecule has 0 saturated heterocycles. The molecule has 0 saturated carbocycles. The van der Waals surface area contributed by atoms with Crippen LogP contribution < -0.4 is 5.32 Å². The Labute approximate surface area is 211 Å². The molecule has 0 atom stereocenters. The van der Waals surface area contributed by atoms with E-state index in [0.29, 0.717) is 26.6 Å². The molecule has 4 aromatic rings. The van der Waals surface area contributed by atoms with Gasteiger partial charge < -0.3 is 5.32 Å². The van der Waals surface area contributed by atoms with Crippen LogP contribution in [-0.4, -0.2) is 32.2 Å². The van der Waals surface area contributed by atoms with E-state index in [1.54, 1.807) is 24.3 Å². The number of ketones is 1. The monoisotopic (exact) mass is 510 g/mol. The highest BCUT2D eigenvalue weighted by Gasteiger charge is 2.18. The standard InChI is InChI=1S/C25H20Cl2N4O2S/c1-16-6-5-9-19(12-16)31-23(14-28-24(33)20-13-18(26)10-11-21(20)27)29-30-25(31)34-15-22(32)17-7-3-2-4-8-17/h2-13H,14-15H2,1H3,(H,28,33). The first-order valence-corrected chi connectivity index (χ1v) is 12.1. The fourth-order valence-electron chi connectivity index (χ4n) is 3.30. The van der Waals surface area contributed by atoms with Gasteiger partial charge in [-0.05, 0) is 42.8 Å². The van der Waals surface area contributed by atoms with Gasteiger partial charge in [0.05, 0.1) is 22.9 Å². The summed E-state index contributed by atoms with van der Waals surface area (Å²) in [5.74, 6) is 0.347. The summed E-state index contributed by atoms with van der Waals surface area (Å²) in [6.45, 7) is 2.10. The Morgan fingerprint density at radius 1 is 0.971 bits per heavy atom. The SMILES string of the molecule is Cc1cccc(-n2c(CNC(=O)c3cc(Cl)ccc3Cl)nnc2SCC(=O)c2ccccc2)c1. The molecule has 34 heavy (non-hydrogen) atoms. The summed E-state index contributed by atoms with van der Waals surface area (Å²) >= 11 is 13.5. The minimum absolute atomic E-state index is 0.00477. The number of hydrogen-bond acceptors (Lipinski definition) is 5. The second kappa shape index (κ2) is 10.9. The summed E-state index contributed by atoms with van der Waals surface area (Å²) in [7, 11) is 0. The fraction of sp³-hybridized carbons (Fsp3) is 0.120. The first kappa shape index (κ1) is 24.0. The van der Waals surface area contributed by atoms with E-state index in [9.17, 15) is 9.59 Å². The smallest absolute Gasteiger partial charge is 0.253 e. The number of halogens is 2. The number of Topliss-reactive ketones (excluding diaryl/α,β-unsaturated/α-hetero) is 1. The van der Waals surface area contributed by atoms with Gasteiger partial charge in [0.25, 0.3) is 5.91 Å². The second-order valence-corrected chi connectivity index (χ2v) is 9.24. The van der Waals surface area contributed by atoms with E-state index in [1.165, 1.54) is 17.8 Å². The highest BCUT2D eigenvalue weighted by molar-refractivity contribution is 7.99. The van der Waals surface area contributed by atoms with E-state index in [4.69, 9.17) is 23.2 Å². The average molecular weight is 511 g/mol. The number of nitrogens with zero attached hydrogens (tertiary/aromatic N) is 3. The molecular weight excluding hydrogens is 491 g/mol. The fourth-order valence-corrected chi connectivity index (χ4v) is 4.54. The Morgan fingerprint density at radius 3 is 2.53 bits per heavy atom. The molecule has 172 valence electrons. The molecule has 6 nitrogen and oxygen atoms in total. The molecule has 0 aliphatic rings. The van der Waals surface area contributed by atoms with Gasteiger partial charge in [-0.15, -0.1) is 10.2 Å². The second-order valence-electron chi connectivity index (χ2n) is 7.46. The maximum Gasteiger partial charge on any atom is 0.253 e. The Bertz CT molecular complexity index is 1340. The lowest BCUT2D eigenvalue weighted by Gasteiger charge is -2.12. The van der Waals surface area contributed by atoms with Crippen molar-refractivity contribution in [2.75, 3.05) is 5.75 Å². The van der Waals surface area contributed by atoms with Crippen molar-refractivity contribution in [1.29, 1.82) is 0 Å². The van der Waals surface area contributed by atoms with E-state index < -0.39 is 0 Å². The molecule has 0 radical (unpaired) electrons. The quantitative estimate of drug-likeness (QED) is 0.240. The third-order valence-corrected chi connectivity index (χ3v) is 6.46. The van der Waals surface area contributed by atoms with Gasteiger partial charge in [-0.3, -0.25) is 14.2 Å². The number of hydrogen-bond donors (Lipinski definition) is 1. The van der Waals surface area contributed by atoms with Gasteiger partial charge in [0.2, 0.25) is 0 Å². The number of carbonyl (C=O) groups is 2. The van der Waals surface area contributed by atoms with E-state index in [0.717, 1.165) is 11.3 Å². The molecule has 0 spiro atoms. The molecule has 1 aromatic heterocycles. The molecule has 4 rings (SSSR count). The van der Waals surface area contributed by atoms with Crippen molar-refractivity contribution in [1.82, 2.24) is 20.1 Å². The van der Waals surface area contributed by atoms with E-state index >= 15 is 0 Å². The van der Waals surface area contributed by atoms with E-state index in [2.05, 4.69) is 15.5 Å². The molecule has 1 amide bonds. The summed E-state index contributed by atoms with van der Waals surface area (Å²) in [5, 5.41) is 12.7. The van der Waals surface area contributed by atoms with Gasteiger partial charge >= 0.3 is 0 Å². The van der Waals surface area contributed by atoms with Crippen molar-refractivity contribution >= 4 is 46.7 Å². The topological polar surface area (TPSA) is 76.9 Å². The highest BCUT2D eigenvalue weighted by atomic mass is 35.5. The van der Waals surface area contributed by atoms with E-state index in [1.807, 2.05) is 54.0 Å². The third-order valence-electron chi connectivity index (χ3n) is 4.97. The molecule has 1 heterocycles. The van der Waals surface area contributed by atoms with Crippen molar-refractivity contribution in [2.45, 2.75) is 18.6 Å². The van der Waals surface area contributed by atoms with Crippen LogP contribution in [0.1, 0.15) is 32.1 Å². The number of benzene rings is 3. The van der Waals surface area contributed by atoms with Crippen LogP contribution in [0.25, 0.3) is 5.69 Å². The molecular formula is C25H20Cl2N4O2S. The van der Waals surface area contributed by atoms with Crippen LogP contribution in [0.2, 0.25) is 10.0 Å². The van der Waals surface area contributed by atoms with Crippen LogP contribution in [0.15, 0.2) is 78.0 Å². The van der Waals surface area contributed by atoms with Gasteiger partial charge in [0, 0.05) is 16.3 Å². The van der Waals surface area contributed by atoms with Gasteiger partial charge in [-0.2, -0.15) is 0 Å². The molecule has 0 aliphatic carbocycles. The van der Waals surface area contributed by atoms with E-state index in [-0.39, 0.29) is 29.6 Å². The first-order chi connectivity index (χ1) is 16.4. The van der Waals surface area contributed by atoms with Crippen LogP contribution in [-0.2, 0) is 6.54 Å². The molecule has 9 heteroatoms. The Hall–Kier alpha value is -3.13. The third kappa shape index (κ3) is 5.67. The minimum atomic E-state index is -0.375. The maximum atomic E-state index is 12.7. The normalized spacial score (nSPS) is 10.8. The molecule has 1 N–H and O–H groups in total. The molecule has 0 fully saturated rings. The lowest BCUT2D eigenvalue weighted by Crippen LogP contribution is -2.25. The summed E-state index contributed by atoms with van der Waals surface area (Å²) in [6.07, 6.45) is 0. The zero-order valence-corrected chi connectivity index (χ0v) is 20.5. The molecule has 0 aliphatic heterocycles. The number of aryl methyl sites for hydroxylation is 1. The van der Waals surface area contributed by atoms with Crippen molar-refractivity contribution in [3.63, 3.8) is 0 Å². The molecule has 3 aromatic carbocycles. The Balaban J connectivity index is 1.57. The van der Waals surface area contributed by atoms with Crippen LogP contribution in [0.4, 0.5) is 0 Å². The summed E-state index contributed by atoms with van der Waals surface area (Å²) in [5.41, 5.74) is 2.81. The summed E-state index contributed by atoms with van der Waals surface area (Å²) < 4.78 is 1.84. The van der Waals surface area contributed by atoms with Gasteiger partial charge in [-0.1, -0.05) is 77.4 Å². The highest BCUT2D eigenvalue weighted by Crippen LogP contribution is 2.24. The van der Waals surface area contributed by atoms with Crippen molar-refractivity contribution in [3.05, 3.63) is 105 Å². The van der Waals surface area contributed by atoms with Gasteiger partial charge in [0.15, 0.2) is 16.8 Å². The lowest BCUT2D eigenvalue weighted by atomic mass is 10.2. The first-order valence-electron chi connectivity index (χ1n) is 10.4. The Morgan fingerprint density at radius 2 is 1.76 bits per heavy atom. The minimum Gasteiger partial charge on any atom is -0.345 e. The molecule has 0 bridgehead atoms. The summed E-state index contributed by atoms with van der Waals surface area (Å²) in [4.78, 5) is 25.3. The van der Waals surface area contributed by atoms with Crippen molar-refractivity contribution in [2.24, 2.45) is 0 Å². The number of nitrogens with one attached hydrogen (secondary N) is 1. The van der Waals surface area contributed by atoms with Crippen molar-refractivity contribution < 1.29 is 9.59 Å². The number of aromatic nitrogens is 3. The maximum absolute atomic E-state index is 12.7. The number of rotatable bonds is 8. The number of carbonyl (C=O) groups excluding carboxylic acids is 2. The number of thioether (sulfide) groups is 1. The lowest BCUT2D eigenvalue weighted by molar-refractivity contribution is 0.0949. The zero-order chi connectivity index (χ0) is 24.1. The predicted molar refractivity (Wildman–Crippen MR) is 135 cm³/mol. The predicted octanol–water partition coefficient (Wildman–Crippen LogP) is 5.79. The van der Waals surface area contributed by atoms with Crippen LogP contribution >= 0.6 is 35.0 Å². The van der Waals surface area contributed by atoms with Crippen molar-refractivity contribution in [3.8, 4) is 5.69 Å². The largest absolute Gasteiger partial charge is 0.345 e. The zero-order valence-electron chi connectivity index (χ0n) is 18.2. The van der Waals surface area contributed by atoms with Gasteiger partial charge in [0.1, 0.15) is 0 Å². The molecule has 0 unspecified atom stereocenters.